The first-order valence-corrected chi connectivity index (χ1v) is 10.8. The smallest absolute Gasteiger partial charge is 0.207 e. The van der Waals surface area contributed by atoms with Gasteiger partial charge in [0.2, 0.25) is 10.0 Å². The SMILES string of the molecule is CC(C)c1ccc(S(=O)(=O)N2CCC(C3C=CCC=C3Cl)CC2)cc1. The first kappa shape index (κ1) is 18.7. The van der Waals surface area contributed by atoms with Crippen molar-refractivity contribution in [3.8, 4) is 0 Å². The topological polar surface area (TPSA) is 37.4 Å². The number of allylic oxidation sites excluding steroid dienone is 4. The summed E-state index contributed by atoms with van der Waals surface area (Å²) in [5, 5.41) is 0.910. The van der Waals surface area contributed by atoms with E-state index in [1.807, 2.05) is 12.1 Å². The zero-order chi connectivity index (χ0) is 18.0. The number of hydrogen-bond acceptors (Lipinski definition) is 2. The summed E-state index contributed by atoms with van der Waals surface area (Å²) < 4.78 is 27.4. The first-order valence-electron chi connectivity index (χ1n) is 9.02. The Balaban J connectivity index is 1.68. The molecule has 1 aliphatic heterocycles. The average molecular weight is 380 g/mol. The molecule has 1 unspecified atom stereocenters. The summed E-state index contributed by atoms with van der Waals surface area (Å²) in [5.74, 6) is 1.08. The van der Waals surface area contributed by atoms with E-state index in [0.717, 1.165) is 29.9 Å². The van der Waals surface area contributed by atoms with Crippen molar-refractivity contribution in [2.24, 2.45) is 11.8 Å². The number of sulfonamides is 1. The number of hydrogen-bond donors (Lipinski definition) is 0. The molecule has 0 radical (unpaired) electrons. The number of nitrogens with zero attached hydrogens (tertiary/aromatic N) is 1. The summed E-state index contributed by atoms with van der Waals surface area (Å²) in [5.41, 5.74) is 1.16. The van der Waals surface area contributed by atoms with Gasteiger partial charge in [0, 0.05) is 24.0 Å². The van der Waals surface area contributed by atoms with Gasteiger partial charge in [-0.15, -0.1) is 0 Å². The average Bonchev–Trinajstić information content (AvgIpc) is 2.62. The molecular formula is C20H26ClNO2S. The van der Waals surface area contributed by atoms with Gasteiger partial charge < -0.3 is 0 Å². The molecule has 0 bridgehead atoms. The van der Waals surface area contributed by atoms with E-state index in [-0.39, 0.29) is 5.92 Å². The number of halogens is 1. The molecule has 1 aromatic carbocycles. The van der Waals surface area contributed by atoms with E-state index < -0.39 is 10.0 Å². The number of benzene rings is 1. The molecule has 3 rings (SSSR count). The van der Waals surface area contributed by atoms with Gasteiger partial charge in [0.25, 0.3) is 0 Å². The van der Waals surface area contributed by atoms with E-state index in [4.69, 9.17) is 11.6 Å². The molecule has 1 aliphatic carbocycles. The van der Waals surface area contributed by atoms with Gasteiger partial charge in [0.15, 0.2) is 0 Å². The van der Waals surface area contributed by atoms with Crippen molar-refractivity contribution in [2.45, 2.75) is 43.9 Å². The summed E-state index contributed by atoms with van der Waals surface area (Å²) in [4.78, 5) is 0.394. The second kappa shape index (κ2) is 7.65. The van der Waals surface area contributed by atoms with E-state index in [0.29, 0.717) is 29.8 Å². The fourth-order valence-corrected chi connectivity index (χ4v) is 5.47. The molecule has 0 amide bonds. The Labute approximate surface area is 156 Å². The molecule has 3 nitrogen and oxygen atoms in total. The van der Waals surface area contributed by atoms with Crippen LogP contribution in [0.3, 0.4) is 0 Å². The van der Waals surface area contributed by atoms with Crippen molar-refractivity contribution >= 4 is 21.6 Å². The van der Waals surface area contributed by atoms with Gasteiger partial charge in [-0.1, -0.05) is 55.8 Å². The highest BCUT2D eigenvalue weighted by Gasteiger charge is 2.33. The number of rotatable bonds is 4. The lowest BCUT2D eigenvalue weighted by molar-refractivity contribution is 0.248. The van der Waals surface area contributed by atoms with Crippen LogP contribution < -0.4 is 0 Å². The fourth-order valence-electron chi connectivity index (χ4n) is 3.67. The van der Waals surface area contributed by atoms with E-state index in [1.165, 1.54) is 0 Å². The van der Waals surface area contributed by atoms with Crippen LogP contribution >= 0.6 is 11.6 Å². The maximum absolute atomic E-state index is 12.9. The molecule has 0 N–H and O–H groups in total. The standard InChI is InChI=1S/C20H26ClNO2S/c1-15(2)16-7-9-18(10-8-16)25(23,24)22-13-11-17(12-14-22)19-5-3-4-6-20(19)21/h3,5-10,15,17,19H,4,11-14H2,1-2H3. The molecule has 25 heavy (non-hydrogen) atoms. The van der Waals surface area contributed by atoms with Crippen molar-refractivity contribution in [3.63, 3.8) is 0 Å². The molecule has 0 saturated carbocycles. The van der Waals surface area contributed by atoms with Crippen molar-refractivity contribution in [3.05, 3.63) is 53.1 Å². The summed E-state index contributed by atoms with van der Waals surface area (Å²) in [6, 6.07) is 7.31. The van der Waals surface area contributed by atoms with Gasteiger partial charge in [-0.05, 0) is 48.8 Å². The zero-order valence-electron chi connectivity index (χ0n) is 14.9. The zero-order valence-corrected chi connectivity index (χ0v) is 16.4. The molecule has 0 spiro atoms. The maximum Gasteiger partial charge on any atom is 0.243 e. The minimum Gasteiger partial charge on any atom is -0.207 e. The van der Waals surface area contributed by atoms with Crippen LogP contribution in [0.4, 0.5) is 0 Å². The van der Waals surface area contributed by atoms with Gasteiger partial charge in [-0.25, -0.2) is 8.42 Å². The molecule has 136 valence electrons. The quantitative estimate of drug-likeness (QED) is 0.697. The molecule has 5 heteroatoms. The van der Waals surface area contributed by atoms with Crippen molar-refractivity contribution in [1.29, 1.82) is 0 Å². The van der Waals surface area contributed by atoms with Crippen molar-refractivity contribution in [2.75, 3.05) is 13.1 Å². The Bertz CT molecular complexity index is 757. The van der Waals surface area contributed by atoms with E-state index in [9.17, 15) is 8.42 Å². The van der Waals surface area contributed by atoms with Crippen molar-refractivity contribution < 1.29 is 8.42 Å². The highest BCUT2D eigenvalue weighted by Crippen LogP contribution is 2.36. The van der Waals surface area contributed by atoms with Crippen LogP contribution in [0.25, 0.3) is 0 Å². The molecule has 1 atom stereocenters. The lowest BCUT2D eigenvalue weighted by Crippen LogP contribution is -2.40. The summed E-state index contributed by atoms with van der Waals surface area (Å²) >= 11 is 6.36. The third-order valence-corrected chi connectivity index (χ3v) is 7.62. The Hall–Kier alpha value is -1.10. The van der Waals surface area contributed by atoms with Crippen LogP contribution in [0.1, 0.15) is 44.6 Å². The Morgan fingerprint density at radius 2 is 1.76 bits per heavy atom. The molecule has 1 heterocycles. The summed E-state index contributed by atoms with van der Waals surface area (Å²) in [6.07, 6.45) is 8.99. The largest absolute Gasteiger partial charge is 0.243 e. The summed E-state index contributed by atoms with van der Waals surface area (Å²) in [7, 11) is -3.40. The molecule has 1 fully saturated rings. The molecule has 1 saturated heterocycles. The van der Waals surface area contributed by atoms with E-state index in [1.54, 1.807) is 16.4 Å². The second-order valence-corrected chi connectivity index (χ2v) is 9.62. The fraction of sp³-hybridized carbons (Fsp3) is 0.500. The lowest BCUT2D eigenvalue weighted by atomic mass is 9.82. The minimum atomic E-state index is -3.40. The Kier molecular flexibility index (Phi) is 5.71. The lowest BCUT2D eigenvalue weighted by Gasteiger charge is -2.35. The first-order chi connectivity index (χ1) is 11.9. The Morgan fingerprint density at radius 3 is 2.32 bits per heavy atom. The van der Waals surface area contributed by atoms with Crippen LogP contribution in [0, 0.1) is 11.8 Å². The van der Waals surface area contributed by atoms with Crippen LogP contribution in [-0.4, -0.2) is 25.8 Å². The normalized spacial score (nSPS) is 23.0. The maximum atomic E-state index is 12.9. The van der Waals surface area contributed by atoms with E-state index >= 15 is 0 Å². The number of piperidine rings is 1. The predicted molar refractivity (Wildman–Crippen MR) is 103 cm³/mol. The van der Waals surface area contributed by atoms with Crippen LogP contribution in [-0.2, 0) is 10.0 Å². The van der Waals surface area contributed by atoms with E-state index in [2.05, 4.69) is 32.1 Å². The molecule has 2 aliphatic rings. The summed E-state index contributed by atoms with van der Waals surface area (Å²) in [6.45, 7) is 5.34. The molecule has 1 aromatic rings. The van der Waals surface area contributed by atoms with Gasteiger partial charge in [0.1, 0.15) is 0 Å². The minimum absolute atomic E-state index is 0.255. The van der Waals surface area contributed by atoms with Crippen LogP contribution in [0.15, 0.2) is 52.4 Å². The third kappa shape index (κ3) is 4.02. The van der Waals surface area contributed by atoms with Gasteiger partial charge in [-0.2, -0.15) is 4.31 Å². The van der Waals surface area contributed by atoms with Crippen molar-refractivity contribution in [1.82, 2.24) is 4.31 Å². The highest BCUT2D eigenvalue weighted by atomic mass is 35.5. The van der Waals surface area contributed by atoms with Gasteiger partial charge in [0.05, 0.1) is 4.90 Å². The molecular weight excluding hydrogens is 354 g/mol. The van der Waals surface area contributed by atoms with Crippen LogP contribution in [0.2, 0.25) is 0 Å². The Morgan fingerprint density at radius 1 is 1.12 bits per heavy atom. The second-order valence-electron chi connectivity index (χ2n) is 7.24. The molecule has 0 aromatic heterocycles. The third-order valence-electron chi connectivity index (χ3n) is 5.30. The van der Waals surface area contributed by atoms with Crippen LogP contribution in [0.5, 0.6) is 0 Å². The van der Waals surface area contributed by atoms with Gasteiger partial charge in [-0.3, -0.25) is 0 Å². The van der Waals surface area contributed by atoms with Gasteiger partial charge >= 0.3 is 0 Å². The highest BCUT2D eigenvalue weighted by molar-refractivity contribution is 7.89. The monoisotopic (exact) mass is 379 g/mol. The predicted octanol–water partition coefficient (Wildman–Crippen LogP) is 4.91.